The summed E-state index contributed by atoms with van der Waals surface area (Å²) >= 11 is 0. The highest BCUT2D eigenvalue weighted by atomic mass is 16.5. The van der Waals surface area contributed by atoms with E-state index in [1.54, 1.807) is 18.2 Å². The largest absolute Gasteiger partial charge is 0.465 e. The molecular formula is C24H31N3O6. The summed E-state index contributed by atoms with van der Waals surface area (Å²) in [4.78, 5) is 43.9. The third-order valence-electron chi connectivity index (χ3n) is 6.60. The fraction of sp³-hybridized carbons (Fsp3) is 0.583. The molecule has 2 heterocycles. The first kappa shape index (κ1) is 23.2. The minimum Gasteiger partial charge on any atom is -0.465 e. The van der Waals surface area contributed by atoms with E-state index in [1.807, 2.05) is 11.0 Å². The second-order valence-corrected chi connectivity index (χ2v) is 8.83. The predicted molar refractivity (Wildman–Crippen MR) is 120 cm³/mol. The predicted octanol–water partition coefficient (Wildman–Crippen LogP) is 3.58. The van der Waals surface area contributed by atoms with Gasteiger partial charge in [0.1, 0.15) is 5.52 Å². The van der Waals surface area contributed by atoms with Gasteiger partial charge in [-0.05, 0) is 37.3 Å². The highest BCUT2D eigenvalue weighted by Gasteiger charge is 2.32. The molecule has 1 aliphatic heterocycles. The van der Waals surface area contributed by atoms with E-state index in [9.17, 15) is 19.5 Å². The second kappa shape index (κ2) is 10.8. The van der Waals surface area contributed by atoms with Crippen LogP contribution >= 0.6 is 0 Å². The fourth-order valence-electron chi connectivity index (χ4n) is 4.74. The molecule has 9 nitrogen and oxygen atoms in total. The van der Waals surface area contributed by atoms with Gasteiger partial charge in [0.05, 0.1) is 12.7 Å². The third kappa shape index (κ3) is 5.90. The molecule has 1 aliphatic carbocycles. The van der Waals surface area contributed by atoms with E-state index in [4.69, 9.17) is 9.15 Å². The summed E-state index contributed by atoms with van der Waals surface area (Å²) in [5.41, 5.74) is 1.16. The van der Waals surface area contributed by atoms with Crippen LogP contribution in [0.2, 0.25) is 0 Å². The first-order valence-corrected chi connectivity index (χ1v) is 11.8. The van der Waals surface area contributed by atoms with Crippen LogP contribution in [0, 0.1) is 5.92 Å². The lowest BCUT2D eigenvalue weighted by atomic mass is 9.99. The van der Waals surface area contributed by atoms with Gasteiger partial charge < -0.3 is 24.1 Å². The quantitative estimate of drug-likeness (QED) is 0.573. The molecule has 2 aliphatic rings. The Kier molecular flexibility index (Phi) is 7.59. The molecule has 33 heavy (non-hydrogen) atoms. The van der Waals surface area contributed by atoms with Crippen LogP contribution in [-0.4, -0.2) is 76.6 Å². The van der Waals surface area contributed by atoms with Gasteiger partial charge in [-0.1, -0.05) is 25.0 Å². The van der Waals surface area contributed by atoms with Crippen molar-refractivity contribution in [2.75, 3.05) is 32.8 Å². The third-order valence-corrected chi connectivity index (χ3v) is 6.60. The lowest BCUT2D eigenvalue weighted by Crippen LogP contribution is -2.48. The average Bonchev–Trinajstić information content (AvgIpc) is 3.51. The van der Waals surface area contributed by atoms with Gasteiger partial charge in [0.2, 0.25) is 11.7 Å². The van der Waals surface area contributed by atoms with Crippen LogP contribution in [0.5, 0.6) is 0 Å². The molecule has 1 unspecified atom stereocenters. The van der Waals surface area contributed by atoms with Crippen LogP contribution in [0.3, 0.4) is 0 Å². The van der Waals surface area contributed by atoms with E-state index in [2.05, 4.69) is 4.98 Å². The highest BCUT2D eigenvalue weighted by molar-refractivity contribution is 5.94. The van der Waals surface area contributed by atoms with Gasteiger partial charge >= 0.3 is 6.09 Å². The van der Waals surface area contributed by atoms with Crippen LogP contribution in [-0.2, 0) is 9.53 Å². The average molecular weight is 458 g/mol. The number of benzene rings is 1. The van der Waals surface area contributed by atoms with Crippen molar-refractivity contribution in [3.63, 3.8) is 0 Å². The zero-order valence-electron chi connectivity index (χ0n) is 18.8. The maximum absolute atomic E-state index is 12.7. The van der Waals surface area contributed by atoms with Crippen molar-refractivity contribution in [3.8, 4) is 0 Å². The second-order valence-electron chi connectivity index (χ2n) is 8.83. The minimum absolute atomic E-state index is 0.0392. The SMILES string of the molecule is O=C(CCCN(CCC(=O)N1CCOC(C2CCCC2)C1)C(=O)O)c1nc2ccccc2o1. The van der Waals surface area contributed by atoms with Crippen molar-refractivity contribution in [3.05, 3.63) is 30.2 Å². The summed E-state index contributed by atoms with van der Waals surface area (Å²) < 4.78 is 11.4. The van der Waals surface area contributed by atoms with Crippen molar-refractivity contribution in [1.82, 2.24) is 14.8 Å². The first-order valence-electron chi connectivity index (χ1n) is 11.8. The fourth-order valence-corrected chi connectivity index (χ4v) is 4.74. The molecule has 0 spiro atoms. The minimum atomic E-state index is -1.09. The molecule has 1 aromatic heterocycles. The maximum atomic E-state index is 12.7. The van der Waals surface area contributed by atoms with Crippen LogP contribution in [0.25, 0.3) is 11.1 Å². The van der Waals surface area contributed by atoms with E-state index in [-0.39, 0.29) is 49.6 Å². The number of carbonyl (C=O) groups excluding carboxylic acids is 2. The summed E-state index contributed by atoms with van der Waals surface area (Å²) in [5.74, 6) is 0.251. The summed E-state index contributed by atoms with van der Waals surface area (Å²) in [7, 11) is 0. The molecule has 2 aromatic rings. The van der Waals surface area contributed by atoms with Crippen LogP contribution in [0.4, 0.5) is 4.79 Å². The summed E-state index contributed by atoms with van der Waals surface area (Å²) in [5, 5.41) is 9.52. The number of carbonyl (C=O) groups is 3. The van der Waals surface area contributed by atoms with Gasteiger partial charge in [-0.2, -0.15) is 0 Å². The zero-order chi connectivity index (χ0) is 23.2. The Bertz CT molecular complexity index is 950. The number of nitrogens with zero attached hydrogens (tertiary/aromatic N) is 3. The van der Waals surface area contributed by atoms with Crippen molar-refractivity contribution in [1.29, 1.82) is 0 Å². The monoisotopic (exact) mass is 457 g/mol. The Morgan fingerprint density at radius 2 is 1.91 bits per heavy atom. The summed E-state index contributed by atoms with van der Waals surface area (Å²) in [6.45, 7) is 1.95. The maximum Gasteiger partial charge on any atom is 0.407 e. The topological polar surface area (TPSA) is 113 Å². The smallest absolute Gasteiger partial charge is 0.407 e. The number of carboxylic acid groups (broad SMARTS) is 1. The number of ether oxygens (including phenoxy) is 1. The van der Waals surface area contributed by atoms with Crippen LogP contribution in [0.1, 0.15) is 55.6 Å². The standard InChI is InChI=1S/C24H31N3O6/c28-19(23-25-18-8-3-4-10-20(18)33-23)9-5-12-26(24(30)31)13-11-22(29)27-14-15-32-21(16-27)17-6-1-2-7-17/h3-4,8,10,17,21H,1-2,5-7,9,11-16H2,(H,30,31). The number of morpholine rings is 1. The molecule has 2 amide bonds. The normalized spacial score (nSPS) is 19.2. The van der Waals surface area contributed by atoms with Crippen LogP contribution in [0.15, 0.2) is 28.7 Å². The lowest BCUT2D eigenvalue weighted by molar-refractivity contribution is -0.141. The molecule has 1 saturated carbocycles. The molecule has 1 atom stereocenters. The lowest BCUT2D eigenvalue weighted by Gasteiger charge is -2.36. The first-order chi connectivity index (χ1) is 16.0. The summed E-state index contributed by atoms with van der Waals surface area (Å²) in [6.07, 6.45) is 4.34. The molecule has 1 N–H and O–H groups in total. The number of hydrogen-bond donors (Lipinski definition) is 1. The Hall–Kier alpha value is -2.94. The Balaban J connectivity index is 1.22. The van der Waals surface area contributed by atoms with E-state index >= 15 is 0 Å². The van der Waals surface area contributed by atoms with E-state index in [1.165, 1.54) is 17.7 Å². The highest BCUT2D eigenvalue weighted by Crippen LogP contribution is 2.31. The van der Waals surface area contributed by atoms with Gasteiger partial charge in [0, 0.05) is 39.0 Å². The molecule has 4 rings (SSSR count). The van der Waals surface area contributed by atoms with Crippen molar-refractivity contribution in [2.24, 2.45) is 5.92 Å². The van der Waals surface area contributed by atoms with E-state index in [0.717, 1.165) is 12.8 Å². The number of oxazole rings is 1. The van der Waals surface area contributed by atoms with Gasteiger partial charge in [-0.3, -0.25) is 9.59 Å². The molecule has 1 aromatic carbocycles. The molecule has 0 radical (unpaired) electrons. The number of amides is 2. The van der Waals surface area contributed by atoms with Gasteiger partial charge in [0.15, 0.2) is 5.58 Å². The Morgan fingerprint density at radius 3 is 2.67 bits per heavy atom. The molecular weight excluding hydrogens is 426 g/mol. The number of hydrogen-bond acceptors (Lipinski definition) is 6. The van der Waals surface area contributed by atoms with Gasteiger partial charge in [0.25, 0.3) is 5.89 Å². The summed E-state index contributed by atoms with van der Waals surface area (Å²) in [6, 6.07) is 7.13. The van der Waals surface area contributed by atoms with Crippen molar-refractivity contribution in [2.45, 2.75) is 51.0 Å². The number of aromatic nitrogens is 1. The number of fused-ring (bicyclic) bond motifs is 1. The molecule has 1 saturated heterocycles. The molecule has 2 fully saturated rings. The van der Waals surface area contributed by atoms with E-state index in [0.29, 0.717) is 43.1 Å². The van der Waals surface area contributed by atoms with Gasteiger partial charge in [-0.15, -0.1) is 0 Å². The van der Waals surface area contributed by atoms with Crippen molar-refractivity contribution >= 4 is 28.9 Å². The molecule has 0 bridgehead atoms. The van der Waals surface area contributed by atoms with Crippen molar-refractivity contribution < 1.29 is 28.6 Å². The number of Topliss-reactive ketones (excluding diaryl/α,β-unsaturated/α-hetero) is 1. The van der Waals surface area contributed by atoms with Gasteiger partial charge in [-0.25, -0.2) is 9.78 Å². The zero-order valence-corrected chi connectivity index (χ0v) is 18.8. The molecule has 178 valence electrons. The Labute approximate surface area is 192 Å². The number of rotatable bonds is 9. The number of para-hydroxylation sites is 2. The number of ketones is 1. The Morgan fingerprint density at radius 1 is 1.12 bits per heavy atom. The van der Waals surface area contributed by atoms with E-state index < -0.39 is 6.09 Å². The molecule has 9 heteroatoms. The van der Waals surface area contributed by atoms with Crippen LogP contribution < -0.4 is 0 Å².